The highest BCUT2D eigenvalue weighted by Gasteiger charge is 2.48. The van der Waals surface area contributed by atoms with E-state index in [-0.39, 0.29) is 17.7 Å². The number of hydrogen-bond donors (Lipinski definition) is 3. The van der Waals surface area contributed by atoms with Gasteiger partial charge in [0, 0.05) is 15.2 Å². The predicted molar refractivity (Wildman–Crippen MR) is 93.9 cm³/mol. The van der Waals surface area contributed by atoms with Crippen LogP contribution in [0.3, 0.4) is 0 Å². The highest BCUT2D eigenvalue weighted by Crippen LogP contribution is 2.35. The third kappa shape index (κ3) is 3.19. The van der Waals surface area contributed by atoms with Gasteiger partial charge in [-0.2, -0.15) is 0 Å². The SMILES string of the molecule is Cc1cc(I)ccc1NC(=O)C1CCC2(CC1)NC(=O)NC2=O. The van der Waals surface area contributed by atoms with E-state index in [1.807, 2.05) is 25.1 Å². The molecule has 1 aliphatic heterocycles. The van der Waals surface area contributed by atoms with E-state index >= 15 is 0 Å². The molecule has 0 bridgehead atoms. The van der Waals surface area contributed by atoms with Crippen molar-refractivity contribution in [2.24, 2.45) is 5.92 Å². The summed E-state index contributed by atoms with van der Waals surface area (Å²) in [5.74, 6) is -0.423. The highest BCUT2D eigenvalue weighted by atomic mass is 127. The Bertz CT molecular complexity index is 681. The van der Waals surface area contributed by atoms with Gasteiger partial charge in [-0.15, -0.1) is 0 Å². The topological polar surface area (TPSA) is 87.3 Å². The van der Waals surface area contributed by atoms with Crippen LogP contribution in [0.15, 0.2) is 18.2 Å². The summed E-state index contributed by atoms with van der Waals surface area (Å²) in [5.41, 5.74) is 1.04. The molecule has 1 saturated heterocycles. The van der Waals surface area contributed by atoms with Gasteiger partial charge in [-0.05, 0) is 79.0 Å². The van der Waals surface area contributed by atoms with Crippen molar-refractivity contribution in [2.75, 3.05) is 5.32 Å². The zero-order valence-electron chi connectivity index (χ0n) is 12.7. The van der Waals surface area contributed by atoms with Crippen LogP contribution in [0.25, 0.3) is 0 Å². The van der Waals surface area contributed by atoms with E-state index in [0.29, 0.717) is 25.7 Å². The van der Waals surface area contributed by atoms with E-state index in [1.54, 1.807) is 0 Å². The van der Waals surface area contributed by atoms with Gasteiger partial charge < -0.3 is 10.6 Å². The minimum atomic E-state index is -0.813. The summed E-state index contributed by atoms with van der Waals surface area (Å²) in [7, 11) is 0. The third-order valence-corrected chi connectivity index (χ3v) is 5.34. The molecule has 3 N–H and O–H groups in total. The molecule has 2 fully saturated rings. The molecule has 0 aromatic heterocycles. The largest absolute Gasteiger partial charge is 0.326 e. The number of rotatable bonds is 2. The summed E-state index contributed by atoms with van der Waals surface area (Å²) in [6.45, 7) is 1.96. The van der Waals surface area contributed by atoms with E-state index in [2.05, 4.69) is 38.5 Å². The maximum atomic E-state index is 12.5. The summed E-state index contributed by atoms with van der Waals surface area (Å²) in [6, 6.07) is 5.44. The van der Waals surface area contributed by atoms with Crippen molar-refractivity contribution in [1.82, 2.24) is 10.6 Å². The number of imide groups is 1. The fourth-order valence-corrected chi connectivity index (χ4v) is 3.90. The van der Waals surface area contributed by atoms with Gasteiger partial charge >= 0.3 is 6.03 Å². The van der Waals surface area contributed by atoms with Crippen molar-refractivity contribution >= 4 is 46.1 Å². The molecule has 2 aliphatic rings. The maximum Gasteiger partial charge on any atom is 0.322 e. The summed E-state index contributed by atoms with van der Waals surface area (Å²) in [5, 5.41) is 7.97. The van der Waals surface area contributed by atoms with Crippen LogP contribution in [-0.2, 0) is 9.59 Å². The first kappa shape index (κ1) is 16.2. The number of anilines is 1. The number of benzene rings is 1. The van der Waals surface area contributed by atoms with E-state index in [9.17, 15) is 14.4 Å². The molecular formula is C16H18IN3O3. The fourth-order valence-electron chi connectivity index (χ4n) is 3.26. The van der Waals surface area contributed by atoms with Crippen molar-refractivity contribution in [3.63, 3.8) is 0 Å². The number of halogens is 1. The van der Waals surface area contributed by atoms with E-state index < -0.39 is 11.6 Å². The second-order valence-corrected chi connectivity index (χ2v) is 7.46. The van der Waals surface area contributed by atoms with Crippen LogP contribution in [0, 0.1) is 16.4 Å². The summed E-state index contributed by atoms with van der Waals surface area (Å²) in [6.07, 6.45) is 2.16. The second kappa shape index (κ2) is 6.10. The van der Waals surface area contributed by atoms with Crippen molar-refractivity contribution in [2.45, 2.75) is 38.1 Å². The molecule has 1 saturated carbocycles. The molecule has 1 heterocycles. The quantitative estimate of drug-likeness (QED) is 0.500. The Labute approximate surface area is 147 Å². The minimum absolute atomic E-state index is 0.0195. The lowest BCUT2D eigenvalue weighted by molar-refractivity contribution is -0.128. The zero-order valence-corrected chi connectivity index (χ0v) is 14.9. The number of amides is 4. The average Bonchev–Trinajstić information content (AvgIpc) is 2.76. The number of carbonyl (C=O) groups excluding carboxylic acids is 3. The second-order valence-electron chi connectivity index (χ2n) is 6.21. The van der Waals surface area contributed by atoms with Gasteiger partial charge in [-0.1, -0.05) is 0 Å². The van der Waals surface area contributed by atoms with Gasteiger partial charge in [0.2, 0.25) is 5.91 Å². The van der Waals surface area contributed by atoms with Crippen molar-refractivity contribution in [3.8, 4) is 0 Å². The molecule has 23 heavy (non-hydrogen) atoms. The number of urea groups is 1. The smallest absolute Gasteiger partial charge is 0.322 e. The van der Waals surface area contributed by atoms with E-state index in [0.717, 1.165) is 14.8 Å². The zero-order chi connectivity index (χ0) is 16.6. The molecule has 122 valence electrons. The molecule has 1 spiro atoms. The van der Waals surface area contributed by atoms with Crippen LogP contribution in [0.4, 0.5) is 10.5 Å². The molecule has 7 heteroatoms. The Kier molecular flexibility index (Phi) is 4.31. The number of hydrogen-bond acceptors (Lipinski definition) is 3. The van der Waals surface area contributed by atoms with Crippen molar-refractivity contribution in [3.05, 3.63) is 27.3 Å². The van der Waals surface area contributed by atoms with Crippen LogP contribution in [0.5, 0.6) is 0 Å². The molecular weight excluding hydrogens is 409 g/mol. The lowest BCUT2D eigenvalue weighted by atomic mass is 9.76. The fraction of sp³-hybridized carbons (Fsp3) is 0.438. The first-order valence-corrected chi connectivity index (χ1v) is 8.68. The number of nitrogens with one attached hydrogen (secondary N) is 3. The Balaban J connectivity index is 1.62. The molecule has 0 unspecified atom stereocenters. The van der Waals surface area contributed by atoms with Gasteiger partial charge in [0.15, 0.2) is 0 Å². The Morgan fingerprint density at radius 1 is 1.30 bits per heavy atom. The monoisotopic (exact) mass is 427 g/mol. The Morgan fingerprint density at radius 2 is 2.00 bits per heavy atom. The molecule has 3 rings (SSSR count). The van der Waals surface area contributed by atoms with Crippen molar-refractivity contribution in [1.29, 1.82) is 0 Å². The third-order valence-electron chi connectivity index (χ3n) is 4.67. The predicted octanol–water partition coefficient (Wildman–Crippen LogP) is 2.31. The van der Waals surface area contributed by atoms with Gasteiger partial charge in [-0.3, -0.25) is 14.9 Å². The van der Waals surface area contributed by atoms with Crippen LogP contribution >= 0.6 is 22.6 Å². The van der Waals surface area contributed by atoms with Crippen LogP contribution in [-0.4, -0.2) is 23.4 Å². The minimum Gasteiger partial charge on any atom is -0.326 e. The lowest BCUT2D eigenvalue weighted by Crippen LogP contribution is -2.50. The van der Waals surface area contributed by atoms with E-state index in [4.69, 9.17) is 0 Å². The van der Waals surface area contributed by atoms with Gasteiger partial charge in [0.1, 0.15) is 5.54 Å². The molecule has 0 radical (unpaired) electrons. The van der Waals surface area contributed by atoms with E-state index in [1.165, 1.54) is 0 Å². The molecule has 6 nitrogen and oxygen atoms in total. The van der Waals surface area contributed by atoms with Gasteiger partial charge in [-0.25, -0.2) is 4.79 Å². The summed E-state index contributed by atoms with van der Waals surface area (Å²) in [4.78, 5) is 35.7. The van der Waals surface area contributed by atoms with Crippen LogP contribution in [0.2, 0.25) is 0 Å². The van der Waals surface area contributed by atoms with Crippen LogP contribution in [0.1, 0.15) is 31.2 Å². The lowest BCUT2D eigenvalue weighted by Gasteiger charge is -2.33. The van der Waals surface area contributed by atoms with Crippen LogP contribution < -0.4 is 16.0 Å². The number of aryl methyl sites for hydroxylation is 1. The molecule has 0 atom stereocenters. The first-order valence-electron chi connectivity index (χ1n) is 7.60. The Morgan fingerprint density at radius 3 is 2.57 bits per heavy atom. The van der Waals surface area contributed by atoms with Gasteiger partial charge in [0.25, 0.3) is 5.91 Å². The normalized spacial score (nSPS) is 26.8. The first-order chi connectivity index (χ1) is 10.9. The maximum absolute atomic E-state index is 12.5. The summed E-state index contributed by atoms with van der Waals surface area (Å²) >= 11 is 2.24. The number of carbonyl (C=O) groups is 3. The molecule has 4 amide bonds. The van der Waals surface area contributed by atoms with Crippen molar-refractivity contribution < 1.29 is 14.4 Å². The molecule has 1 aromatic rings. The standard InChI is InChI=1S/C16H18IN3O3/c1-9-8-11(17)2-3-12(9)18-13(21)10-4-6-16(7-5-10)14(22)19-15(23)20-16/h2-3,8,10H,4-7H2,1H3,(H,18,21)(H2,19,20,22,23). The molecule has 1 aliphatic carbocycles. The molecule has 1 aromatic carbocycles. The highest BCUT2D eigenvalue weighted by molar-refractivity contribution is 14.1. The average molecular weight is 427 g/mol. The van der Waals surface area contributed by atoms with Gasteiger partial charge in [0.05, 0.1) is 0 Å². The Hall–Kier alpha value is -1.64. The summed E-state index contributed by atoms with van der Waals surface area (Å²) < 4.78 is 1.13.